The Morgan fingerprint density at radius 2 is 1.11 bits per heavy atom. The topological polar surface area (TPSA) is 466 Å². The zero-order valence-electron chi connectivity index (χ0n) is 52.7. The summed E-state index contributed by atoms with van der Waals surface area (Å²) in [4.78, 5) is 149. The van der Waals surface area contributed by atoms with Crippen LogP contribution >= 0.6 is 0 Å². The number of aromatic hydroxyl groups is 1. The van der Waals surface area contributed by atoms with Crippen LogP contribution in [0.25, 0.3) is 0 Å². The fraction of sp³-hybridized carbons (Fsp3) is 0.484. The van der Waals surface area contributed by atoms with E-state index >= 15 is 0 Å². The first kappa shape index (κ1) is 75.1. The Balaban J connectivity index is 1.13. The van der Waals surface area contributed by atoms with Gasteiger partial charge in [-0.25, -0.2) is 4.79 Å². The molecule has 0 radical (unpaired) electrons. The van der Waals surface area contributed by atoms with Gasteiger partial charge in [-0.15, -0.1) is 0 Å². The number of amides is 6. The van der Waals surface area contributed by atoms with Crippen LogP contribution in [0.3, 0.4) is 0 Å². The van der Waals surface area contributed by atoms with Crippen LogP contribution < -0.4 is 75.5 Å². The van der Waals surface area contributed by atoms with Gasteiger partial charge in [0.15, 0.2) is 12.2 Å². The number of nitrogens with one attached hydrogen (secondary N) is 10. The third-order valence-corrected chi connectivity index (χ3v) is 15.2. The van der Waals surface area contributed by atoms with Crippen LogP contribution in [0.5, 0.6) is 5.75 Å². The van der Waals surface area contributed by atoms with Gasteiger partial charge in [-0.3, -0.25) is 68.1 Å². The fourth-order valence-corrected chi connectivity index (χ4v) is 10.1. The summed E-state index contributed by atoms with van der Waals surface area (Å²) < 4.78 is 0. The highest BCUT2D eigenvalue weighted by Gasteiger charge is 2.30. The molecule has 1 saturated heterocycles. The molecule has 1 fully saturated rings. The number of aldehydes is 1. The lowest BCUT2D eigenvalue weighted by Crippen LogP contribution is -2.58. The maximum Gasteiger partial charge on any atom is 0.344 e. The van der Waals surface area contributed by atoms with Gasteiger partial charge >= 0.3 is 23.9 Å². The second-order valence-corrected chi connectivity index (χ2v) is 22.2. The third-order valence-electron chi connectivity index (χ3n) is 15.2. The van der Waals surface area contributed by atoms with E-state index in [0.29, 0.717) is 55.3 Å². The lowest BCUT2D eigenvalue weighted by Gasteiger charge is -2.36. The Hall–Kier alpha value is -9.60. The van der Waals surface area contributed by atoms with E-state index in [-0.39, 0.29) is 160 Å². The van der Waals surface area contributed by atoms with Crippen molar-refractivity contribution in [3.63, 3.8) is 0 Å². The quantitative estimate of drug-likeness (QED) is 0.00731. The molecule has 0 saturated carbocycles. The van der Waals surface area contributed by atoms with Crippen molar-refractivity contribution < 1.29 is 63.6 Å². The van der Waals surface area contributed by atoms with Crippen molar-refractivity contribution in [1.82, 2.24) is 56.8 Å². The number of carboxylic acids is 3. The average Bonchev–Trinajstić information content (AvgIpc) is 0.849. The van der Waals surface area contributed by atoms with Gasteiger partial charge in [0.2, 0.25) is 23.6 Å². The Labute approximate surface area is 543 Å². The number of nitrogens with two attached hydrogens (primary N) is 2. The number of benzene rings is 3. The Kier molecular flexibility index (Phi) is 32.3. The number of nitrogens with zero attached hydrogens (tertiary/aromatic N) is 5. The number of carboxylic acid groups (broad SMARTS) is 3. The van der Waals surface area contributed by atoms with E-state index in [0.717, 1.165) is 5.69 Å². The van der Waals surface area contributed by atoms with E-state index in [1.54, 1.807) is 62.9 Å². The molecule has 32 nitrogen and oxygen atoms in total. The van der Waals surface area contributed by atoms with E-state index < -0.39 is 76.7 Å². The van der Waals surface area contributed by atoms with Crippen LogP contribution in [0, 0.1) is 0 Å². The molecule has 1 aliphatic heterocycles. The van der Waals surface area contributed by atoms with E-state index in [1.807, 2.05) is 30.3 Å². The minimum atomic E-state index is -1.11. The van der Waals surface area contributed by atoms with E-state index in [1.165, 1.54) is 12.1 Å². The summed E-state index contributed by atoms with van der Waals surface area (Å²) >= 11 is 0. The highest BCUT2D eigenvalue weighted by molar-refractivity contribution is 5.93. The van der Waals surface area contributed by atoms with Crippen molar-refractivity contribution in [3.05, 3.63) is 116 Å². The first-order valence-electron chi connectivity index (χ1n) is 31.1. The molecule has 1 unspecified atom stereocenters. The first-order chi connectivity index (χ1) is 45.2. The van der Waals surface area contributed by atoms with Gasteiger partial charge in [-0.05, 0) is 73.2 Å². The Morgan fingerprint density at radius 1 is 0.574 bits per heavy atom. The van der Waals surface area contributed by atoms with Crippen molar-refractivity contribution >= 4 is 76.9 Å². The number of phenolic OH excluding ortho intramolecular Hbond substituents is 1. The van der Waals surface area contributed by atoms with Crippen LogP contribution in [-0.2, 0) is 44.9 Å². The summed E-state index contributed by atoms with van der Waals surface area (Å²) in [6.45, 7) is 3.29. The van der Waals surface area contributed by atoms with Crippen molar-refractivity contribution in [3.8, 4) is 5.75 Å². The van der Waals surface area contributed by atoms with Gasteiger partial charge < -0.3 is 84.5 Å². The number of anilines is 3. The number of aliphatic imine (C=N–C) groups is 1. The molecular formula is C62H89N17O15. The number of hydrogen-bond donors (Lipinski definition) is 16. The van der Waals surface area contributed by atoms with Gasteiger partial charge in [0.1, 0.15) is 29.3 Å². The highest BCUT2D eigenvalue weighted by atomic mass is 16.4. The molecule has 4 aromatic rings. The number of carbonyl (C=O) groups excluding carboxylic acids is 6. The fourth-order valence-electron chi connectivity index (χ4n) is 10.1. The summed E-state index contributed by atoms with van der Waals surface area (Å²) in [5.74, 6) is -5.87. The number of carbonyl (C=O) groups is 9. The van der Waals surface area contributed by atoms with Crippen molar-refractivity contribution in [1.29, 1.82) is 0 Å². The standard InChI is InChI=1S/C62H89N17O15/c1-2-49(82)66-24-27-71-62(94)75-61(64)70-21-6-10-46(59(92)72-36-41-11-17-45(81)18-12-41)74-60(93)53(42-8-4-3-5-9-42)43-13-15-44(16-14-43)65-22-7-23-67-54-55(57(90)56(54)89)68-25-26-69-58(91)47(19-20-63)73-48(40-80)79-34-32-77(38-51(85)86)30-28-76(37-50(83)84)29-31-78(33-35-79)39-52(87)88/h3-5,8-9,11-18,40,46-48,53,65,67-68,73,81H,2,6-7,10,19-39,63H2,1H3,(H,66,82)(H,69,91)(H,72,92)(H,74,93)(H,83,84)(H,85,86)(H,87,88)(H4,64,70,71,75,94)/t46-,47-,48?,53+/m1/s1. The maximum atomic E-state index is 14.4. The number of phenols is 1. The molecule has 0 bridgehead atoms. The average molecular weight is 1310 g/mol. The van der Waals surface area contributed by atoms with Crippen LogP contribution in [0.4, 0.5) is 21.9 Å². The predicted molar refractivity (Wildman–Crippen MR) is 351 cm³/mol. The number of hydrogen-bond acceptors (Lipinski definition) is 21. The second-order valence-electron chi connectivity index (χ2n) is 22.2. The summed E-state index contributed by atoms with van der Waals surface area (Å²) in [7, 11) is 0. The van der Waals surface area contributed by atoms with Crippen molar-refractivity contribution in [2.75, 3.05) is 140 Å². The monoisotopic (exact) mass is 1310 g/mol. The van der Waals surface area contributed by atoms with Crippen molar-refractivity contribution in [2.45, 2.75) is 69.7 Å². The number of guanidine groups is 1. The molecular weight excluding hydrogens is 1220 g/mol. The van der Waals surface area contributed by atoms with E-state index in [4.69, 9.17) is 11.5 Å². The summed E-state index contributed by atoms with van der Waals surface area (Å²) in [5, 5.41) is 67.4. The van der Waals surface area contributed by atoms with Crippen LogP contribution in [0.2, 0.25) is 0 Å². The Morgan fingerprint density at radius 3 is 1.67 bits per heavy atom. The number of aliphatic carboxylic acids is 3. The molecule has 32 heteroatoms. The summed E-state index contributed by atoms with van der Waals surface area (Å²) in [6, 6.07) is 19.8. The van der Waals surface area contributed by atoms with E-state index in [2.05, 4.69) is 58.2 Å². The van der Waals surface area contributed by atoms with Gasteiger partial charge in [0, 0.05) is 117 Å². The second kappa shape index (κ2) is 40.4. The molecule has 512 valence electrons. The third kappa shape index (κ3) is 26.6. The molecule has 6 amide bonds. The SMILES string of the molecule is CCC(=O)NCCNC(=O)/N=C(/N)NCCC[C@@H](NC(=O)[C@@H](c1ccccc1)c1ccc(NCCCNc2c(NCCNC(=O)[C@@H](CCN)NC(C=O)N3CCN(CC(=O)O)CCN(CC(=O)O)CCN(CC(=O)O)CC3)c(=O)c2=O)cc1)C(=O)NCc1ccc(O)cc1. The summed E-state index contributed by atoms with van der Waals surface area (Å²) in [6.07, 6.45) is 0.852. The minimum Gasteiger partial charge on any atom is -0.508 e. The molecule has 1 heterocycles. The minimum absolute atomic E-state index is 0.0103. The molecule has 0 aliphatic carbocycles. The van der Waals surface area contributed by atoms with Gasteiger partial charge in [0.25, 0.3) is 10.9 Å². The van der Waals surface area contributed by atoms with Crippen molar-refractivity contribution in [2.24, 2.45) is 16.5 Å². The largest absolute Gasteiger partial charge is 0.508 e. The van der Waals surface area contributed by atoms with Gasteiger partial charge in [-0.1, -0.05) is 61.5 Å². The predicted octanol–water partition coefficient (Wildman–Crippen LogP) is -2.41. The molecule has 4 aromatic carbocycles. The summed E-state index contributed by atoms with van der Waals surface area (Å²) in [5.41, 5.74) is 13.3. The van der Waals surface area contributed by atoms with Crippen LogP contribution in [0.1, 0.15) is 61.6 Å². The zero-order chi connectivity index (χ0) is 68.4. The molecule has 94 heavy (non-hydrogen) atoms. The molecule has 5 rings (SSSR count). The van der Waals surface area contributed by atoms with Gasteiger partial charge in [-0.2, -0.15) is 4.99 Å². The molecule has 1 aliphatic rings. The van der Waals surface area contributed by atoms with Crippen LogP contribution in [-0.4, -0.2) is 242 Å². The number of rotatable bonds is 38. The zero-order valence-corrected chi connectivity index (χ0v) is 52.7. The lowest BCUT2D eigenvalue weighted by atomic mass is 9.90. The normalized spacial score (nSPS) is 15.1. The Bertz CT molecular complexity index is 3170. The first-order valence-corrected chi connectivity index (χ1v) is 31.1. The molecule has 0 aromatic heterocycles. The van der Waals surface area contributed by atoms with Crippen LogP contribution in [0.15, 0.2) is 93.4 Å². The smallest absolute Gasteiger partial charge is 0.344 e. The van der Waals surface area contributed by atoms with Gasteiger partial charge in [0.05, 0.1) is 31.6 Å². The number of urea groups is 1. The highest BCUT2D eigenvalue weighted by Crippen LogP contribution is 2.27. The lowest BCUT2D eigenvalue weighted by molar-refractivity contribution is -0.140. The maximum absolute atomic E-state index is 14.4. The van der Waals surface area contributed by atoms with E-state index in [9.17, 15) is 73.2 Å². The molecule has 18 N–H and O–H groups in total. The molecule has 4 atom stereocenters. The molecule has 0 spiro atoms.